The van der Waals surface area contributed by atoms with E-state index in [4.69, 9.17) is 37.4 Å². The van der Waals surface area contributed by atoms with Gasteiger partial charge in [-0.3, -0.25) is 19.5 Å². The quantitative estimate of drug-likeness (QED) is 0.107. The lowest BCUT2D eigenvalue weighted by Crippen LogP contribution is -2.44. The number of nitrogens with one attached hydrogen (secondary N) is 1. The molecule has 2 N–H and O–H groups in total. The van der Waals surface area contributed by atoms with Crippen LogP contribution in [-0.4, -0.2) is 77.6 Å². The van der Waals surface area contributed by atoms with E-state index in [9.17, 15) is 20.0 Å². The number of carboxylic acids is 1. The van der Waals surface area contributed by atoms with E-state index in [0.717, 1.165) is 85.1 Å². The molecule has 2 fully saturated rings. The second kappa shape index (κ2) is 20.0. The molecular weight excluding hydrogens is 765 g/mol. The van der Waals surface area contributed by atoms with Crippen molar-refractivity contribution in [3.63, 3.8) is 0 Å². The summed E-state index contributed by atoms with van der Waals surface area (Å²) >= 11 is 13.8. The number of pyridine rings is 1. The predicted molar refractivity (Wildman–Crippen MR) is 220 cm³/mol. The number of carboxylic acid groups (broad SMARTS) is 1. The van der Waals surface area contributed by atoms with Gasteiger partial charge in [-0.2, -0.15) is 5.26 Å². The fourth-order valence-corrected chi connectivity index (χ4v) is 8.15. The minimum Gasteiger partial charge on any atom is -0.492 e. The van der Waals surface area contributed by atoms with Crippen LogP contribution in [0.1, 0.15) is 66.3 Å². The molecule has 2 aliphatic heterocycles. The third-order valence-corrected chi connectivity index (χ3v) is 11.6. The molecule has 1 aromatic heterocycles. The minimum atomic E-state index is -0.844. The lowest BCUT2D eigenvalue weighted by molar-refractivity contribution is -0.144. The van der Waals surface area contributed by atoms with Gasteiger partial charge < -0.3 is 29.5 Å². The van der Waals surface area contributed by atoms with Crippen molar-refractivity contribution >= 4 is 35.1 Å². The van der Waals surface area contributed by atoms with Crippen LogP contribution in [0.4, 0.5) is 0 Å². The van der Waals surface area contributed by atoms with Crippen molar-refractivity contribution in [2.45, 2.75) is 71.2 Å². The number of benzene rings is 3. The molecule has 0 aliphatic carbocycles. The van der Waals surface area contributed by atoms with Gasteiger partial charge in [0.25, 0.3) is 0 Å². The van der Waals surface area contributed by atoms with Gasteiger partial charge in [-0.25, -0.2) is 0 Å². The molecule has 3 aromatic carbocycles. The highest BCUT2D eigenvalue weighted by molar-refractivity contribution is 6.35. The molecule has 11 nitrogen and oxygen atoms in total. The Morgan fingerprint density at radius 2 is 1.68 bits per heavy atom. The van der Waals surface area contributed by atoms with E-state index >= 15 is 0 Å². The molecule has 300 valence electrons. The van der Waals surface area contributed by atoms with Crippen molar-refractivity contribution < 1.29 is 28.9 Å². The Morgan fingerprint density at radius 1 is 0.912 bits per heavy atom. The van der Waals surface area contributed by atoms with Gasteiger partial charge in [0.05, 0.1) is 22.2 Å². The molecule has 0 spiro atoms. The largest absolute Gasteiger partial charge is 0.492 e. The first kappa shape index (κ1) is 41.8. The average molecular weight is 815 g/mol. The Balaban J connectivity index is 1.14. The number of nitriles is 1. The average Bonchev–Trinajstić information content (AvgIpc) is 3.23. The van der Waals surface area contributed by atoms with Gasteiger partial charge in [0.15, 0.2) is 0 Å². The number of nitrogens with zero attached hydrogens (tertiary/aromatic N) is 4. The van der Waals surface area contributed by atoms with Gasteiger partial charge in [-0.15, -0.1) is 0 Å². The SMILES string of the molecule is CNC(=O)C1CCN(CCCOc2cccc(-c3cccc(COc4cc(OCc5cncc(C#N)c5)c(CN5CCCCC5C(=O)O)cc4Cl)c3C)c2Cl)CC1. The molecule has 0 radical (unpaired) electrons. The van der Waals surface area contributed by atoms with Gasteiger partial charge in [0, 0.05) is 61.2 Å². The maximum Gasteiger partial charge on any atom is 0.320 e. The van der Waals surface area contributed by atoms with Crippen molar-refractivity contribution in [3.05, 3.63) is 105 Å². The van der Waals surface area contributed by atoms with Crippen molar-refractivity contribution in [3.8, 4) is 34.4 Å². The Labute approximate surface area is 344 Å². The fourth-order valence-electron chi connectivity index (χ4n) is 7.62. The van der Waals surface area contributed by atoms with Gasteiger partial charge in [0.2, 0.25) is 5.91 Å². The molecule has 13 heteroatoms. The van der Waals surface area contributed by atoms with Crippen LogP contribution in [-0.2, 0) is 29.3 Å². The van der Waals surface area contributed by atoms with E-state index in [-0.39, 0.29) is 25.0 Å². The molecule has 1 unspecified atom stereocenters. The highest BCUT2D eigenvalue weighted by atomic mass is 35.5. The standard InChI is InChI=1S/C44H49Cl2N5O6/c1-29-33(8-5-9-35(29)36-10-6-12-39(42(36)46)55-19-7-15-50-17-13-32(14-18-50)43(52)48-2)28-57-41-22-40(56-27-31-20-30(23-47)24-49-25-31)34(21-37(41)45)26-51-16-4-3-11-38(51)44(53)54/h5-6,8-10,12,20-22,24-25,32,38H,3-4,7,11,13-19,26-28H2,1-2H3,(H,48,52)(H,53,54). The summed E-state index contributed by atoms with van der Waals surface area (Å²) in [5, 5.41) is 22.9. The number of ether oxygens (including phenoxy) is 3. The van der Waals surface area contributed by atoms with E-state index in [1.54, 1.807) is 31.4 Å². The van der Waals surface area contributed by atoms with E-state index in [1.807, 2.05) is 48.2 Å². The lowest BCUT2D eigenvalue weighted by atomic mass is 9.96. The molecule has 0 bridgehead atoms. The van der Waals surface area contributed by atoms with Crippen LogP contribution < -0.4 is 19.5 Å². The summed E-state index contributed by atoms with van der Waals surface area (Å²) in [6.07, 6.45) is 8.09. The number of likely N-dealkylation sites (tertiary alicyclic amines) is 2. The summed E-state index contributed by atoms with van der Waals surface area (Å²) in [6, 6.07) is 18.6. The maximum atomic E-state index is 12.1. The normalized spacial score (nSPS) is 16.4. The van der Waals surface area contributed by atoms with Crippen LogP contribution in [0.15, 0.2) is 67.0 Å². The number of aromatic nitrogens is 1. The molecule has 1 amide bonds. The van der Waals surface area contributed by atoms with E-state index in [1.165, 1.54) is 6.20 Å². The molecular formula is C44H49Cl2N5O6. The number of amides is 1. The summed E-state index contributed by atoms with van der Waals surface area (Å²) in [7, 11) is 1.70. The maximum absolute atomic E-state index is 12.1. The first-order chi connectivity index (χ1) is 27.6. The first-order valence-corrected chi connectivity index (χ1v) is 20.2. The Kier molecular flexibility index (Phi) is 14.7. The van der Waals surface area contributed by atoms with E-state index < -0.39 is 12.0 Å². The molecule has 0 saturated carbocycles. The second-order valence-corrected chi connectivity index (χ2v) is 15.4. The highest BCUT2D eigenvalue weighted by Gasteiger charge is 2.30. The van der Waals surface area contributed by atoms with Crippen molar-refractivity contribution in [2.24, 2.45) is 5.92 Å². The van der Waals surface area contributed by atoms with Crippen LogP contribution in [0.3, 0.4) is 0 Å². The van der Waals surface area contributed by atoms with Gasteiger partial charge in [0.1, 0.15) is 42.6 Å². The summed E-state index contributed by atoms with van der Waals surface area (Å²) in [6.45, 7) is 6.62. The summed E-state index contributed by atoms with van der Waals surface area (Å²) in [4.78, 5) is 32.5. The fraction of sp³-hybridized carbons (Fsp3) is 0.409. The van der Waals surface area contributed by atoms with Gasteiger partial charge >= 0.3 is 5.97 Å². The Bertz CT molecular complexity index is 2080. The predicted octanol–water partition coefficient (Wildman–Crippen LogP) is 8.06. The van der Waals surface area contributed by atoms with Gasteiger partial charge in [-0.05, 0) is 93.6 Å². The molecule has 57 heavy (non-hydrogen) atoms. The third kappa shape index (κ3) is 10.8. The molecule has 4 aromatic rings. The van der Waals surface area contributed by atoms with E-state index in [0.29, 0.717) is 59.0 Å². The zero-order valence-corrected chi connectivity index (χ0v) is 34.0. The lowest BCUT2D eigenvalue weighted by Gasteiger charge is -2.33. The number of halogens is 2. The topological polar surface area (TPSA) is 137 Å². The third-order valence-electron chi connectivity index (χ3n) is 10.9. The molecule has 6 rings (SSSR count). The zero-order valence-electron chi connectivity index (χ0n) is 32.4. The number of hydrogen-bond acceptors (Lipinski definition) is 9. The number of hydrogen-bond donors (Lipinski definition) is 2. The Morgan fingerprint density at radius 3 is 2.46 bits per heavy atom. The van der Waals surface area contributed by atoms with Crippen molar-refractivity contribution in [1.29, 1.82) is 5.26 Å². The Hall–Kier alpha value is -4.86. The second-order valence-electron chi connectivity index (χ2n) is 14.6. The number of piperidine rings is 2. The van der Waals surface area contributed by atoms with Crippen molar-refractivity contribution in [2.75, 3.05) is 39.8 Å². The summed E-state index contributed by atoms with van der Waals surface area (Å²) in [5.74, 6) is 0.942. The molecule has 1 atom stereocenters. The molecule has 2 aliphatic rings. The number of carbonyl (C=O) groups is 2. The van der Waals surface area contributed by atoms with Crippen LogP contribution in [0, 0.1) is 24.2 Å². The number of rotatable bonds is 16. The van der Waals surface area contributed by atoms with Gasteiger partial charge in [-0.1, -0.05) is 60.0 Å². The van der Waals surface area contributed by atoms with Crippen LogP contribution in [0.25, 0.3) is 11.1 Å². The zero-order chi connectivity index (χ0) is 40.3. The summed E-state index contributed by atoms with van der Waals surface area (Å²) < 4.78 is 18.9. The number of aliphatic carboxylic acids is 1. The van der Waals surface area contributed by atoms with Crippen molar-refractivity contribution in [1.82, 2.24) is 20.1 Å². The monoisotopic (exact) mass is 813 g/mol. The van der Waals surface area contributed by atoms with Crippen LogP contribution in [0.2, 0.25) is 10.0 Å². The first-order valence-electron chi connectivity index (χ1n) is 19.5. The van der Waals surface area contributed by atoms with Crippen LogP contribution in [0.5, 0.6) is 17.2 Å². The van der Waals surface area contributed by atoms with Crippen LogP contribution >= 0.6 is 23.2 Å². The highest BCUT2D eigenvalue weighted by Crippen LogP contribution is 2.39. The van der Waals surface area contributed by atoms with E-state index in [2.05, 4.69) is 21.3 Å². The molecule has 2 saturated heterocycles. The minimum absolute atomic E-state index is 0.102. The summed E-state index contributed by atoms with van der Waals surface area (Å²) in [5.41, 5.74) is 5.63. The smallest absolute Gasteiger partial charge is 0.320 e. The number of carbonyl (C=O) groups excluding carboxylic acids is 1. The molecule has 3 heterocycles.